The third-order valence-corrected chi connectivity index (χ3v) is 2.67. The van der Waals surface area contributed by atoms with E-state index in [-0.39, 0.29) is 13.2 Å². The quantitative estimate of drug-likeness (QED) is 0.514. The van der Waals surface area contributed by atoms with Gasteiger partial charge in [-0.3, -0.25) is 4.79 Å². The van der Waals surface area contributed by atoms with Gasteiger partial charge >= 0.3 is 12.2 Å². The van der Waals surface area contributed by atoms with Crippen molar-refractivity contribution in [2.75, 3.05) is 13.2 Å². The molecule has 8 heteroatoms. The summed E-state index contributed by atoms with van der Waals surface area (Å²) in [7, 11) is 0. The first-order valence-electron chi connectivity index (χ1n) is 7.41. The molecule has 0 rings (SSSR count). The SMILES string of the molecule is C=CCOC(=O)N(CCCC[C@@H](N)C(N)=O)C(=O)OC(C)(C)C. The van der Waals surface area contributed by atoms with Crippen LogP contribution in [0.15, 0.2) is 12.7 Å². The molecule has 0 saturated heterocycles. The van der Waals surface area contributed by atoms with E-state index >= 15 is 0 Å². The van der Waals surface area contributed by atoms with E-state index in [9.17, 15) is 14.4 Å². The number of ether oxygens (including phenoxy) is 2. The van der Waals surface area contributed by atoms with Gasteiger partial charge < -0.3 is 20.9 Å². The number of carbonyl (C=O) groups excluding carboxylic acids is 3. The largest absolute Gasteiger partial charge is 0.445 e. The van der Waals surface area contributed by atoms with Crippen molar-refractivity contribution in [1.82, 2.24) is 4.90 Å². The molecule has 1 atom stereocenters. The van der Waals surface area contributed by atoms with Gasteiger partial charge in [0.05, 0.1) is 6.04 Å². The molecule has 0 aliphatic rings. The van der Waals surface area contributed by atoms with E-state index in [2.05, 4.69) is 6.58 Å². The number of unbranched alkanes of at least 4 members (excludes halogenated alkanes) is 1. The number of primary amides is 1. The third-order valence-electron chi connectivity index (χ3n) is 2.67. The minimum Gasteiger partial charge on any atom is -0.445 e. The van der Waals surface area contributed by atoms with Crippen molar-refractivity contribution >= 4 is 18.1 Å². The lowest BCUT2D eigenvalue weighted by molar-refractivity contribution is -0.119. The predicted molar refractivity (Wildman–Crippen MR) is 85.5 cm³/mol. The minimum atomic E-state index is -0.807. The molecule has 0 saturated carbocycles. The van der Waals surface area contributed by atoms with Crippen LogP contribution in [0.2, 0.25) is 0 Å². The fourth-order valence-electron chi connectivity index (χ4n) is 1.56. The monoisotopic (exact) mass is 329 g/mol. The molecule has 0 heterocycles. The van der Waals surface area contributed by atoms with E-state index in [1.165, 1.54) is 6.08 Å². The number of hydrogen-bond donors (Lipinski definition) is 2. The average molecular weight is 329 g/mol. The van der Waals surface area contributed by atoms with Gasteiger partial charge in [-0.05, 0) is 40.0 Å². The molecule has 132 valence electrons. The highest BCUT2D eigenvalue weighted by atomic mass is 16.6. The number of amides is 3. The fraction of sp³-hybridized carbons (Fsp3) is 0.667. The molecule has 0 fully saturated rings. The summed E-state index contributed by atoms with van der Waals surface area (Å²) in [5, 5.41) is 0. The molecule has 0 unspecified atom stereocenters. The van der Waals surface area contributed by atoms with Gasteiger partial charge in [-0.2, -0.15) is 0 Å². The number of imide groups is 1. The van der Waals surface area contributed by atoms with Gasteiger partial charge in [0.1, 0.15) is 12.2 Å². The maximum Gasteiger partial charge on any atom is 0.419 e. The summed E-state index contributed by atoms with van der Waals surface area (Å²) in [6, 6.07) is -0.738. The standard InChI is InChI=1S/C15H27N3O5/c1-5-10-22-13(20)18(14(21)23-15(2,3)4)9-7-6-8-11(16)12(17)19/h5,11H,1,6-10,16H2,2-4H3,(H2,17,19)/t11-/m1/s1. The van der Waals surface area contributed by atoms with Crippen molar-refractivity contribution in [3.8, 4) is 0 Å². The summed E-state index contributed by atoms with van der Waals surface area (Å²) in [5.41, 5.74) is 9.85. The van der Waals surface area contributed by atoms with Crippen LogP contribution in [0.1, 0.15) is 40.0 Å². The Bertz CT molecular complexity index is 431. The van der Waals surface area contributed by atoms with Gasteiger partial charge in [-0.1, -0.05) is 12.7 Å². The molecule has 3 amide bonds. The molecular weight excluding hydrogens is 302 g/mol. The number of rotatable bonds is 8. The maximum absolute atomic E-state index is 12.1. The van der Waals surface area contributed by atoms with Crippen LogP contribution in [-0.4, -0.2) is 47.8 Å². The molecule has 0 spiro atoms. The van der Waals surface area contributed by atoms with E-state index in [0.29, 0.717) is 19.3 Å². The molecule has 0 bridgehead atoms. The molecule has 8 nitrogen and oxygen atoms in total. The summed E-state index contributed by atoms with van der Waals surface area (Å²) < 4.78 is 10.1. The second-order valence-corrected chi connectivity index (χ2v) is 6.00. The molecule has 4 N–H and O–H groups in total. The Hall–Kier alpha value is -2.09. The Balaban J connectivity index is 4.60. The molecular formula is C15H27N3O5. The van der Waals surface area contributed by atoms with Gasteiger partial charge in [0.25, 0.3) is 0 Å². The van der Waals surface area contributed by atoms with Crippen LogP contribution in [0.5, 0.6) is 0 Å². The normalized spacial score (nSPS) is 12.2. The molecule has 0 aliphatic heterocycles. The number of nitrogens with two attached hydrogens (primary N) is 2. The summed E-state index contributed by atoms with van der Waals surface area (Å²) in [6.07, 6.45) is 1.15. The molecule has 0 aromatic heterocycles. The van der Waals surface area contributed by atoms with Crippen LogP contribution in [0.25, 0.3) is 0 Å². The Kier molecular flexibility index (Phi) is 8.94. The van der Waals surface area contributed by atoms with E-state index in [1.807, 2.05) is 0 Å². The summed E-state index contributed by atoms with van der Waals surface area (Å²) in [5.74, 6) is -0.584. The van der Waals surface area contributed by atoms with Crippen LogP contribution >= 0.6 is 0 Å². The Labute approximate surface area is 136 Å². The van der Waals surface area contributed by atoms with Gasteiger partial charge in [0, 0.05) is 6.54 Å². The van der Waals surface area contributed by atoms with Crippen LogP contribution in [-0.2, 0) is 14.3 Å². The van der Waals surface area contributed by atoms with Crippen LogP contribution < -0.4 is 11.5 Å². The van der Waals surface area contributed by atoms with E-state index in [1.54, 1.807) is 20.8 Å². The van der Waals surface area contributed by atoms with Crippen molar-refractivity contribution in [3.63, 3.8) is 0 Å². The van der Waals surface area contributed by atoms with Crippen molar-refractivity contribution in [2.45, 2.75) is 51.7 Å². The highest BCUT2D eigenvalue weighted by Crippen LogP contribution is 2.12. The Morgan fingerprint density at radius 2 is 1.83 bits per heavy atom. The Morgan fingerprint density at radius 1 is 1.22 bits per heavy atom. The van der Waals surface area contributed by atoms with Crippen molar-refractivity contribution in [1.29, 1.82) is 0 Å². The van der Waals surface area contributed by atoms with Crippen LogP contribution in [0.3, 0.4) is 0 Å². The number of hydrogen-bond acceptors (Lipinski definition) is 6. The second kappa shape index (κ2) is 9.83. The number of nitrogens with zero attached hydrogens (tertiary/aromatic N) is 1. The van der Waals surface area contributed by atoms with Gasteiger partial charge in [0.15, 0.2) is 0 Å². The highest BCUT2D eigenvalue weighted by Gasteiger charge is 2.28. The van der Waals surface area contributed by atoms with Gasteiger partial charge in [0.2, 0.25) is 5.91 Å². The van der Waals surface area contributed by atoms with E-state index < -0.39 is 29.7 Å². The topological polar surface area (TPSA) is 125 Å². The highest BCUT2D eigenvalue weighted by molar-refractivity contribution is 5.88. The van der Waals surface area contributed by atoms with Crippen molar-refractivity contribution in [3.05, 3.63) is 12.7 Å². The summed E-state index contributed by atoms with van der Waals surface area (Å²) in [6.45, 7) is 8.62. The van der Waals surface area contributed by atoms with Crippen LogP contribution in [0.4, 0.5) is 9.59 Å². The lowest BCUT2D eigenvalue weighted by atomic mass is 10.1. The lowest BCUT2D eigenvalue weighted by Crippen LogP contribution is -2.42. The molecule has 0 radical (unpaired) electrons. The third kappa shape index (κ3) is 9.51. The van der Waals surface area contributed by atoms with E-state index in [4.69, 9.17) is 20.9 Å². The zero-order valence-corrected chi connectivity index (χ0v) is 14.0. The van der Waals surface area contributed by atoms with Crippen molar-refractivity contribution in [2.24, 2.45) is 11.5 Å². The zero-order valence-electron chi connectivity index (χ0n) is 14.0. The first-order valence-corrected chi connectivity index (χ1v) is 7.41. The Morgan fingerprint density at radius 3 is 2.30 bits per heavy atom. The molecule has 0 aromatic rings. The maximum atomic E-state index is 12.1. The minimum absolute atomic E-state index is 0.00925. The first kappa shape index (κ1) is 20.9. The first-order chi connectivity index (χ1) is 10.6. The predicted octanol–water partition coefficient (Wildman–Crippen LogP) is 1.53. The van der Waals surface area contributed by atoms with Crippen LogP contribution in [0, 0.1) is 0 Å². The molecule has 0 aliphatic carbocycles. The molecule has 0 aromatic carbocycles. The smallest absolute Gasteiger partial charge is 0.419 e. The zero-order chi connectivity index (χ0) is 18.0. The van der Waals surface area contributed by atoms with E-state index in [0.717, 1.165) is 4.90 Å². The summed E-state index contributed by atoms with van der Waals surface area (Å²) in [4.78, 5) is 35.7. The second-order valence-electron chi connectivity index (χ2n) is 6.00. The van der Waals surface area contributed by atoms with Crippen molar-refractivity contribution < 1.29 is 23.9 Å². The fourth-order valence-corrected chi connectivity index (χ4v) is 1.56. The van der Waals surface area contributed by atoms with Gasteiger partial charge in [-0.15, -0.1) is 0 Å². The van der Waals surface area contributed by atoms with Gasteiger partial charge in [-0.25, -0.2) is 14.5 Å². The average Bonchev–Trinajstić information content (AvgIpc) is 2.42. The summed E-state index contributed by atoms with van der Waals surface area (Å²) >= 11 is 0. The molecule has 23 heavy (non-hydrogen) atoms. The number of carbonyl (C=O) groups is 3. The lowest BCUT2D eigenvalue weighted by Gasteiger charge is -2.25.